The van der Waals surface area contributed by atoms with Crippen molar-refractivity contribution in [1.82, 2.24) is 0 Å². The van der Waals surface area contributed by atoms with Gasteiger partial charge in [0.1, 0.15) is 10.1 Å². The zero-order valence-electron chi connectivity index (χ0n) is 25.6. The Labute approximate surface area is 263 Å². The monoisotopic (exact) mass is 566 g/mol. The molecular weight excluding hydrogens is 511 g/mol. The first kappa shape index (κ1) is 36.6. The predicted molar refractivity (Wildman–Crippen MR) is 163 cm³/mol. The van der Waals surface area contributed by atoms with Crippen molar-refractivity contribution in [3.05, 3.63) is 41.5 Å². The summed E-state index contributed by atoms with van der Waals surface area (Å²) >= 11 is 0. The SMILES string of the molecule is CCCCCCCCCCCCc1ccc2cccc(S(=O)(=O)[O-])c2c1CCCCCCCCCCCC.[Na+]. The third kappa shape index (κ3) is 14.9. The minimum Gasteiger partial charge on any atom is -0.744 e. The van der Waals surface area contributed by atoms with Gasteiger partial charge in [0, 0.05) is 5.39 Å². The van der Waals surface area contributed by atoms with Gasteiger partial charge in [0.25, 0.3) is 0 Å². The van der Waals surface area contributed by atoms with Crippen LogP contribution in [0.3, 0.4) is 0 Å². The Balaban J connectivity index is 0.00000760. The summed E-state index contributed by atoms with van der Waals surface area (Å²) in [5.74, 6) is 0. The predicted octanol–water partition coefficient (Wildman–Crippen LogP) is 7.67. The van der Waals surface area contributed by atoms with Gasteiger partial charge in [-0.25, -0.2) is 8.42 Å². The topological polar surface area (TPSA) is 57.2 Å². The standard InChI is InChI=1S/C34H56O3S.Na/c1-3-5-7-9-11-13-15-17-19-21-24-30-28-29-31-25-23-27-33(38(35,36)37)34(31)32(30)26-22-20-18-16-14-12-10-8-6-4-2;/h23,25,27-29H,3-22,24,26H2,1-2H3,(H,35,36,37);/q;+1/p-1. The second-order valence-corrected chi connectivity index (χ2v) is 12.7. The van der Waals surface area contributed by atoms with Crippen molar-refractivity contribution < 1.29 is 42.5 Å². The summed E-state index contributed by atoms with van der Waals surface area (Å²) in [4.78, 5) is -0.0398. The van der Waals surface area contributed by atoms with Crippen molar-refractivity contribution >= 4 is 20.9 Å². The molecule has 2 aromatic rings. The zero-order chi connectivity index (χ0) is 27.5. The van der Waals surface area contributed by atoms with Gasteiger partial charge in [-0.1, -0.05) is 154 Å². The normalized spacial score (nSPS) is 11.7. The smallest absolute Gasteiger partial charge is 0.744 e. The summed E-state index contributed by atoms with van der Waals surface area (Å²) < 4.78 is 36.4. The number of fused-ring (bicyclic) bond motifs is 1. The molecule has 0 aromatic heterocycles. The van der Waals surface area contributed by atoms with Crippen molar-refractivity contribution in [2.24, 2.45) is 0 Å². The third-order valence-electron chi connectivity index (χ3n) is 8.06. The van der Waals surface area contributed by atoms with Crippen molar-refractivity contribution in [3.63, 3.8) is 0 Å². The second kappa shape index (κ2) is 22.2. The summed E-state index contributed by atoms with van der Waals surface area (Å²) in [5, 5.41) is 1.55. The van der Waals surface area contributed by atoms with E-state index in [0.29, 0.717) is 5.39 Å². The van der Waals surface area contributed by atoms with Crippen LogP contribution < -0.4 is 29.6 Å². The number of hydrogen-bond acceptors (Lipinski definition) is 3. The quantitative estimate of drug-likeness (QED) is 0.0788. The molecule has 0 aliphatic carbocycles. The van der Waals surface area contributed by atoms with Crippen LogP contribution in [0.15, 0.2) is 35.2 Å². The number of rotatable bonds is 23. The molecule has 2 rings (SSSR count). The molecule has 0 saturated heterocycles. The van der Waals surface area contributed by atoms with Gasteiger partial charge in [0.05, 0.1) is 4.90 Å². The van der Waals surface area contributed by atoms with E-state index < -0.39 is 10.1 Å². The Hall–Kier alpha value is -0.390. The van der Waals surface area contributed by atoms with Crippen LogP contribution in [0.2, 0.25) is 0 Å². The zero-order valence-corrected chi connectivity index (χ0v) is 28.4. The molecule has 0 radical (unpaired) electrons. The van der Waals surface area contributed by atoms with Crippen LogP contribution in [0.25, 0.3) is 10.8 Å². The maximum Gasteiger partial charge on any atom is 1.00 e. The molecule has 216 valence electrons. The minimum atomic E-state index is -4.52. The maximum atomic E-state index is 12.1. The molecule has 5 heteroatoms. The fourth-order valence-corrected chi connectivity index (χ4v) is 6.52. The van der Waals surface area contributed by atoms with E-state index in [-0.39, 0.29) is 34.5 Å². The van der Waals surface area contributed by atoms with E-state index >= 15 is 0 Å². The van der Waals surface area contributed by atoms with E-state index in [0.717, 1.165) is 43.1 Å². The van der Waals surface area contributed by atoms with Crippen LogP contribution in [0, 0.1) is 0 Å². The first-order valence-electron chi connectivity index (χ1n) is 16.0. The molecule has 0 heterocycles. The van der Waals surface area contributed by atoms with Crippen molar-refractivity contribution in [2.75, 3.05) is 0 Å². The van der Waals surface area contributed by atoms with Crippen molar-refractivity contribution in [2.45, 2.75) is 160 Å². The maximum absolute atomic E-state index is 12.1. The number of benzene rings is 2. The van der Waals surface area contributed by atoms with Crippen LogP contribution in [-0.4, -0.2) is 13.0 Å². The summed E-state index contributed by atoms with van der Waals surface area (Å²) in [7, 11) is -4.52. The Kier molecular flexibility index (Phi) is 20.9. The molecule has 2 aromatic carbocycles. The molecule has 0 spiro atoms. The van der Waals surface area contributed by atoms with E-state index in [1.807, 2.05) is 12.1 Å². The minimum absolute atomic E-state index is 0. The molecule has 39 heavy (non-hydrogen) atoms. The molecule has 0 aliphatic heterocycles. The molecule has 0 atom stereocenters. The van der Waals surface area contributed by atoms with Crippen molar-refractivity contribution in [3.8, 4) is 0 Å². The Morgan fingerprint density at radius 3 is 1.46 bits per heavy atom. The molecule has 3 nitrogen and oxygen atoms in total. The largest absolute Gasteiger partial charge is 1.00 e. The molecular formula is C34H55NaO3S. The Morgan fingerprint density at radius 2 is 1.00 bits per heavy atom. The van der Waals surface area contributed by atoms with Gasteiger partial charge in [-0.05, 0) is 48.3 Å². The van der Waals surface area contributed by atoms with Gasteiger partial charge >= 0.3 is 29.6 Å². The van der Waals surface area contributed by atoms with Gasteiger partial charge in [-0.2, -0.15) is 0 Å². The molecule has 0 aliphatic rings. The van der Waals surface area contributed by atoms with Crippen LogP contribution in [0.1, 0.15) is 153 Å². The summed E-state index contributed by atoms with van der Waals surface area (Å²) in [5.41, 5.74) is 2.34. The molecule has 0 bridgehead atoms. The van der Waals surface area contributed by atoms with E-state index in [1.165, 1.54) is 121 Å². The van der Waals surface area contributed by atoms with Crippen LogP contribution >= 0.6 is 0 Å². The average Bonchev–Trinajstić information content (AvgIpc) is 2.90. The third-order valence-corrected chi connectivity index (χ3v) is 8.94. The first-order valence-corrected chi connectivity index (χ1v) is 17.4. The van der Waals surface area contributed by atoms with E-state index in [2.05, 4.69) is 19.9 Å². The second-order valence-electron chi connectivity index (χ2n) is 11.4. The molecule has 0 fully saturated rings. The summed E-state index contributed by atoms with van der Waals surface area (Å²) in [6, 6.07) is 9.33. The molecule has 0 unspecified atom stereocenters. The average molecular weight is 567 g/mol. The first-order chi connectivity index (χ1) is 18.5. The van der Waals surface area contributed by atoms with E-state index in [1.54, 1.807) is 6.07 Å². The molecule has 0 saturated carbocycles. The Bertz CT molecular complexity index is 1000. The van der Waals surface area contributed by atoms with Gasteiger partial charge in [-0.15, -0.1) is 0 Å². The van der Waals surface area contributed by atoms with Crippen LogP contribution in [-0.2, 0) is 23.0 Å². The van der Waals surface area contributed by atoms with Gasteiger partial charge in [0.15, 0.2) is 0 Å². The van der Waals surface area contributed by atoms with Gasteiger partial charge in [-0.3, -0.25) is 0 Å². The molecule has 0 N–H and O–H groups in total. The van der Waals surface area contributed by atoms with Crippen molar-refractivity contribution in [1.29, 1.82) is 0 Å². The van der Waals surface area contributed by atoms with E-state index in [4.69, 9.17) is 0 Å². The fraction of sp³-hybridized carbons (Fsp3) is 0.706. The van der Waals surface area contributed by atoms with Gasteiger partial charge in [0.2, 0.25) is 0 Å². The Morgan fingerprint density at radius 1 is 0.564 bits per heavy atom. The van der Waals surface area contributed by atoms with Crippen LogP contribution in [0.4, 0.5) is 0 Å². The number of hydrogen-bond donors (Lipinski definition) is 0. The number of unbranched alkanes of at least 4 members (excludes halogenated alkanes) is 18. The molecule has 0 amide bonds. The summed E-state index contributed by atoms with van der Waals surface area (Å²) in [6.07, 6.45) is 27.6. The number of aryl methyl sites for hydroxylation is 2. The van der Waals surface area contributed by atoms with E-state index in [9.17, 15) is 13.0 Å². The summed E-state index contributed by atoms with van der Waals surface area (Å²) in [6.45, 7) is 4.52. The van der Waals surface area contributed by atoms with Crippen LogP contribution in [0.5, 0.6) is 0 Å². The fourth-order valence-electron chi connectivity index (χ4n) is 5.78. The van der Waals surface area contributed by atoms with Gasteiger partial charge < -0.3 is 4.55 Å².